The van der Waals surface area contributed by atoms with E-state index < -0.39 is 0 Å². The van der Waals surface area contributed by atoms with Gasteiger partial charge in [-0.3, -0.25) is 10.3 Å². The zero-order valence-corrected chi connectivity index (χ0v) is 12.2. The van der Waals surface area contributed by atoms with Gasteiger partial charge in [0.05, 0.1) is 0 Å². The molecule has 1 heterocycles. The molecule has 20 heavy (non-hydrogen) atoms. The van der Waals surface area contributed by atoms with Crippen molar-refractivity contribution in [1.82, 2.24) is 9.80 Å². The standard InChI is InChI=1S/C15H23FN4/c1-3-14-10-20(5-4-19(14)2)9-11-6-12(15(17)18)8-13(16)7-11/h6-8,14H,3-5,9-10H2,1-2H3,(H3,17,18). The lowest BCUT2D eigenvalue weighted by atomic mass is 10.1. The zero-order chi connectivity index (χ0) is 14.7. The van der Waals surface area contributed by atoms with Crippen molar-refractivity contribution in [1.29, 1.82) is 5.41 Å². The monoisotopic (exact) mass is 278 g/mol. The molecule has 0 bridgehead atoms. The Morgan fingerprint density at radius 2 is 2.15 bits per heavy atom. The van der Waals surface area contributed by atoms with Crippen LogP contribution < -0.4 is 5.73 Å². The lowest BCUT2D eigenvalue weighted by Gasteiger charge is -2.39. The molecule has 1 saturated heterocycles. The van der Waals surface area contributed by atoms with Crippen molar-refractivity contribution in [2.75, 3.05) is 26.7 Å². The first-order chi connectivity index (χ1) is 9.49. The summed E-state index contributed by atoms with van der Waals surface area (Å²) in [4.78, 5) is 4.72. The highest BCUT2D eigenvalue weighted by molar-refractivity contribution is 5.95. The molecule has 1 aliphatic rings. The third kappa shape index (κ3) is 3.55. The molecular formula is C15H23FN4. The maximum atomic E-state index is 13.6. The largest absolute Gasteiger partial charge is 0.384 e. The van der Waals surface area contributed by atoms with E-state index in [1.54, 1.807) is 0 Å². The first-order valence-corrected chi connectivity index (χ1v) is 7.06. The Labute approximate surface area is 119 Å². The molecule has 0 spiro atoms. The van der Waals surface area contributed by atoms with E-state index in [4.69, 9.17) is 11.1 Å². The molecule has 0 aromatic heterocycles. The van der Waals surface area contributed by atoms with Crippen molar-refractivity contribution in [2.45, 2.75) is 25.9 Å². The van der Waals surface area contributed by atoms with Crippen molar-refractivity contribution in [3.63, 3.8) is 0 Å². The van der Waals surface area contributed by atoms with E-state index in [9.17, 15) is 4.39 Å². The summed E-state index contributed by atoms with van der Waals surface area (Å²) in [6.07, 6.45) is 1.12. The third-order valence-corrected chi connectivity index (χ3v) is 4.01. The maximum Gasteiger partial charge on any atom is 0.124 e. The second kappa shape index (κ2) is 6.33. The molecule has 1 fully saturated rings. The van der Waals surface area contributed by atoms with Gasteiger partial charge in [-0.25, -0.2) is 4.39 Å². The molecule has 1 aromatic carbocycles. The van der Waals surface area contributed by atoms with Crippen LogP contribution in [-0.4, -0.2) is 48.4 Å². The number of hydrogen-bond acceptors (Lipinski definition) is 3. The molecule has 0 radical (unpaired) electrons. The predicted octanol–water partition coefficient (Wildman–Crippen LogP) is 1.64. The number of nitrogens with zero attached hydrogens (tertiary/aromatic N) is 2. The van der Waals surface area contributed by atoms with Crippen LogP contribution in [0, 0.1) is 11.2 Å². The molecule has 5 heteroatoms. The molecule has 2 rings (SSSR count). The summed E-state index contributed by atoms with van der Waals surface area (Å²) >= 11 is 0. The number of halogens is 1. The predicted molar refractivity (Wildman–Crippen MR) is 79.4 cm³/mol. The number of nitrogens with one attached hydrogen (secondary N) is 1. The highest BCUT2D eigenvalue weighted by Gasteiger charge is 2.22. The minimum Gasteiger partial charge on any atom is -0.384 e. The molecule has 0 saturated carbocycles. The average molecular weight is 278 g/mol. The average Bonchev–Trinajstić information content (AvgIpc) is 2.40. The van der Waals surface area contributed by atoms with Gasteiger partial charge in [0.25, 0.3) is 0 Å². The van der Waals surface area contributed by atoms with Crippen molar-refractivity contribution in [3.8, 4) is 0 Å². The fourth-order valence-corrected chi connectivity index (χ4v) is 2.75. The first-order valence-electron chi connectivity index (χ1n) is 7.06. The Kier molecular flexibility index (Phi) is 4.73. The number of amidine groups is 1. The van der Waals surface area contributed by atoms with E-state index in [1.165, 1.54) is 12.1 Å². The molecule has 110 valence electrons. The fourth-order valence-electron chi connectivity index (χ4n) is 2.75. The van der Waals surface area contributed by atoms with E-state index in [0.29, 0.717) is 18.2 Å². The quantitative estimate of drug-likeness (QED) is 0.650. The van der Waals surface area contributed by atoms with Crippen LogP contribution >= 0.6 is 0 Å². The third-order valence-electron chi connectivity index (χ3n) is 4.01. The van der Waals surface area contributed by atoms with E-state index in [-0.39, 0.29) is 11.7 Å². The van der Waals surface area contributed by atoms with E-state index in [2.05, 4.69) is 23.8 Å². The number of likely N-dealkylation sites (N-methyl/N-ethyl adjacent to an activating group) is 1. The van der Waals surface area contributed by atoms with Gasteiger partial charge in [0, 0.05) is 37.8 Å². The van der Waals surface area contributed by atoms with Crippen LogP contribution in [0.2, 0.25) is 0 Å². The minimum absolute atomic E-state index is 0.0874. The van der Waals surface area contributed by atoms with Gasteiger partial charge < -0.3 is 10.6 Å². The van der Waals surface area contributed by atoms with Gasteiger partial charge in [0.15, 0.2) is 0 Å². The molecule has 4 nitrogen and oxygen atoms in total. The second-order valence-corrected chi connectivity index (χ2v) is 5.54. The lowest BCUT2D eigenvalue weighted by molar-refractivity contribution is 0.0883. The number of nitrogens with two attached hydrogens (primary N) is 1. The normalized spacial score (nSPS) is 21.1. The Hall–Kier alpha value is -1.46. The van der Waals surface area contributed by atoms with Crippen LogP contribution in [0.4, 0.5) is 4.39 Å². The van der Waals surface area contributed by atoms with Gasteiger partial charge in [0.2, 0.25) is 0 Å². The summed E-state index contributed by atoms with van der Waals surface area (Å²) in [5.74, 6) is -0.413. The molecule has 3 N–H and O–H groups in total. The maximum absolute atomic E-state index is 13.6. The van der Waals surface area contributed by atoms with Gasteiger partial charge in [-0.05, 0) is 37.2 Å². The molecule has 0 amide bonds. The summed E-state index contributed by atoms with van der Waals surface area (Å²) in [7, 11) is 2.15. The van der Waals surface area contributed by atoms with Crippen LogP contribution in [-0.2, 0) is 6.54 Å². The SMILES string of the molecule is CCC1CN(Cc2cc(F)cc(C(=N)N)c2)CCN1C. The second-order valence-electron chi connectivity index (χ2n) is 5.54. The molecule has 0 aliphatic carbocycles. The number of piperazine rings is 1. The van der Waals surface area contributed by atoms with Gasteiger partial charge in [-0.15, -0.1) is 0 Å². The Bertz CT molecular complexity index is 489. The Morgan fingerprint density at radius 3 is 2.80 bits per heavy atom. The van der Waals surface area contributed by atoms with Crippen molar-refractivity contribution >= 4 is 5.84 Å². The summed E-state index contributed by atoms with van der Waals surface area (Å²) in [5, 5.41) is 7.43. The van der Waals surface area contributed by atoms with E-state index in [0.717, 1.165) is 31.6 Å². The van der Waals surface area contributed by atoms with Gasteiger partial charge in [-0.1, -0.05) is 6.92 Å². The number of rotatable bonds is 4. The molecule has 1 unspecified atom stereocenters. The Balaban J connectivity index is 2.08. The summed E-state index contributed by atoms with van der Waals surface area (Å²) in [6.45, 7) is 5.92. The lowest BCUT2D eigenvalue weighted by Crippen LogP contribution is -2.50. The van der Waals surface area contributed by atoms with Gasteiger partial charge in [0.1, 0.15) is 11.7 Å². The molecule has 1 aliphatic heterocycles. The van der Waals surface area contributed by atoms with Crippen molar-refractivity contribution in [2.24, 2.45) is 5.73 Å². The smallest absolute Gasteiger partial charge is 0.124 e. The van der Waals surface area contributed by atoms with Crippen molar-refractivity contribution < 1.29 is 4.39 Å². The van der Waals surface area contributed by atoms with Gasteiger partial charge in [-0.2, -0.15) is 0 Å². The first kappa shape index (κ1) is 14.9. The highest BCUT2D eigenvalue weighted by atomic mass is 19.1. The highest BCUT2D eigenvalue weighted by Crippen LogP contribution is 2.16. The topological polar surface area (TPSA) is 56.4 Å². The number of benzene rings is 1. The van der Waals surface area contributed by atoms with Crippen LogP contribution in [0.1, 0.15) is 24.5 Å². The van der Waals surface area contributed by atoms with Gasteiger partial charge >= 0.3 is 0 Å². The van der Waals surface area contributed by atoms with Crippen molar-refractivity contribution in [3.05, 3.63) is 35.1 Å². The fraction of sp³-hybridized carbons (Fsp3) is 0.533. The number of nitrogen functional groups attached to an aromatic ring is 1. The molecular weight excluding hydrogens is 255 g/mol. The van der Waals surface area contributed by atoms with Crippen LogP contribution in [0.25, 0.3) is 0 Å². The van der Waals surface area contributed by atoms with E-state index >= 15 is 0 Å². The summed E-state index contributed by atoms with van der Waals surface area (Å²) in [6, 6.07) is 5.21. The molecule has 1 atom stereocenters. The zero-order valence-electron chi connectivity index (χ0n) is 12.2. The Morgan fingerprint density at radius 1 is 1.40 bits per heavy atom. The molecule has 1 aromatic rings. The number of hydrogen-bond donors (Lipinski definition) is 2. The minimum atomic E-state index is -0.325. The van der Waals surface area contributed by atoms with E-state index in [1.807, 2.05) is 6.07 Å². The van der Waals surface area contributed by atoms with Crippen LogP contribution in [0.5, 0.6) is 0 Å². The summed E-state index contributed by atoms with van der Waals surface area (Å²) in [5.41, 5.74) is 6.79. The van der Waals surface area contributed by atoms with Crippen LogP contribution in [0.15, 0.2) is 18.2 Å². The summed E-state index contributed by atoms with van der Waals surface area (Å²) < 4.78 is 13.6. The van der Waals surface area contributed by atoms with Crippen LogP contribution in [0.3, 0.4) is 0 Å².